The van der Waals surface area contributed by atoms with Gasteiger partial charge < -0.3 is 15.0 Å². The largest absolute Gasteiger partial charge is 0.356 e. The van der Waals surface area contributed by atoms with Crippen molar-refractivity contribution in [1.82, 2.24) is 10.2 Å². The van der Waals surface area contributed by atoms with Gasteiger partial charge in [0.15, 0.2) is 6.10 Å². The van der Waals surface area contributed by atoms with Gasteiger partial charge in [-0.1, -0.05) is 30.3 Å². The minimum Gasteiger partial charge on any atom is -0.356 e. The third-order valence-electron chi connectivity index (χ3n) is 3.81. The highest BCUT2D eigenvalue weighted by Crippen LogP contribution is 2.30. The molecule has 106 valence electrons. The molecule has 2 amide bonds. The number of morpholine rings is 1. The summed E-state index contributed by atoms with van der Waals surface area (Å²) in [6.45, 7) is -0.0391. The van der Waals surface area contributed by atoms with Crippen molar-refractivity contribution in [1.29, 1.82) is 0 Å². The number of nitrogens with one attached hydrogen (secondary N) is 1. The van der Waals surface area contributed by atoms with Crippen molar-refractivity contribution in [2.24, 2.45) is 0 Å². The van der Waals surface area contributed by atoms with Gasteiger partial charge in [-0.05, 0) is 18.4 Å². The van der Waals surface area contributed by atoms with Gasteiger partial charge in [-0.2, -0.15) is 0 Å². The van der Waals surface area contributed by atoms with Crippen molar-refractivity contribution < 1.29 is 14.3 Å². The zero-order chi connectivity index (χ0) is 14.1. The maximum absolute atomic E-state index is 12.3. The predicted octanol–water partition coefficient (Wildman–Crippen LogP) is 0.863. The van der Waals surface area contributed by atoms with Crippen molar-refractivity contribution in [2.45, 2.75) is 31.0 Å². The Labute approximate surface area is 117 Å². The molecule has 2 aliphatic rings. The molecule has 1 saturated carbocycles. The number of likely N-dealkylation sites (N-methyl/N-ethyl adjacent to an activating group) is 1. The minimum absolute atomic E-state index is 0.0391. The van der Waals surface area contributed by atoms with Crippen LogP contribution in [0.2, 0.25) is 0 Å². The molecule has 0 spiro atoms. The number of ether oxygens (including phenoxy) is 1. The zero-order valence-corrected chi connectivity index (χ0v) is 11.4. The normalized spacial score (nSPS) is 26.4. The van der Waals surface area contributed by atoms with E-state index in [4.69, 9.17) is 4.74 Å². The lowest BCUT2D eigenvalue weighted by atomic mass is 9.97. The molecule has 1 aromatic rings. The Morgan fingerprint density at radius 2 is 2.00 bits per heavy atom. The molecule has 1 heterocycles. The number of hydrogen-bond acceptors (Lipinski definition) is 3. The van der Waals surface area contributed by atoms with Gasteiger partial charge in [0.1, 0.15) is 6.61 Å². The van der Waals surface area contributed by atoms with Crippen molar-refractivity contribution in [3.63, 3.8) is 0 Å². The second kappa shape index (κ2) is 5.25. The van der Waals surface area contributed by atoms with Gasteiger partial charge in [-0.25, -0.2) is 0 Å². The molecule has 5 heteroatoms. The van der Waals surface area contributed by atoms with Gasteiger partial charge in [0, 0.05) is 13.1 Å². The second-order valence-corrected chi connectivity index (χ2v) is 5.37. The summed E-state index contributed by atoms with van der Waals surface area (Å²) in [5.41, 5.74) is 0.916. The van der Waals surface area contributed by atoms with Crippen LogP contribution in [-0.4, -0.2) is 42.5 Å². The molecular weight excluding hydrogens is 256 g/mol. The Morgan fingerprint density at radius 1 is 1.30 bits per heavy atom. The molecule has 2 atom stereocenters. The molecule has 0 bridgehead atoms. The van der Waals surface area contributed by atoms with E-state index in [9.17, 15) is 9.59 Å². The Bertz CT molecular complexity index is 513. The standard InChI is InChI=1S/C15H18N2O3/c1-17-12(18)9-20-14(15(19)16-11-7-8-11)13(17)10-5-3-2-4-6-10/h2-6,11,13-14H,7-9H2,1H3,(H,16,19)/t13-,14+/m1/s1. The van der Waals surface area contributed by atoms with E-state index in [0.29, 0.717) is 0 Å². The fraction of sp³-hybridized carbons (Fsp3) is 0.467. The van der Waals surface area contributed by atoms with Crippen LogP contribution in [0.4, 0.5) is 0 Å². The predicted molar refractivity (Wildman–Crippen MR) is 72.9 cm³/mol. The van der Waals surface area contributed by atoms with Gasteiger partial charge in [-0.3, -0.25) is 9.59 Å². The molecule has 5 nitrogen and oxygen atoms in total. The molecule has 1 aromatic carbocycles. The molecule has 20 heavy (non-hydrogen) atoms. The van der Waals surface area contributed by atoms with E-state index in [1.54, 1.807) is 11.9 Å². The monoisotopic (exact) mass is 274 g/mol. The van der Waals surface area contributed by atoms with E-state index in [0.717, 1.165) is 18.4 Å². The highest BCUT2D eigenvalue weighted by Gasteiger charge is 2.41. The fourth-order valence-corrected chi connectivity index (χ4v) is 2.49. The highest BCUT2D eigenvalue weighted by molar-refractivity contribution is 5.86. The lowest BCUT2D eigenvalue weighted by Crippen LogP contribution is -2.53. The molecule has 1 aliphatic heterocycles. The van der Waals surface area contributed by atoms with Crippen LogP contribution in [-0.2, 0) is 14.3 Å². The van der Waals surface area contributed by atoms with Crippen LogP contribution in [0.15, 0.2) is 30.3 Å². The van der Waals surface area contributed by atoms with Crippen molar-refractivity contribution >= 4 is 11.8 Å². The first kappa shape index (κ1) is 13.1. The summed E-state index contributed by atoms with van der Waals surface area (Å²) in [5.74, 6) is -0.227. The molecule has 2 fully saturated rings. The zero-order valence-electron chi connectivity index (χ0n) is 11.4. The summed E-state index contributed by atoms with van der Waals surface area (Å²) in [6.07, 6.45) is 1.42. The smallest absolute Gasteiger partial charge is 0.251 e. The Kier molecular flexibility index (Phi) is 3.44. The summed E-state index contributed by atoms with van der Waals surface area (Å²) in [5, 5.41) is 2.96. The van der Waals surface area contributed by atoms with E-state index in [1.807, 2.05) is 30.3 Å². The first-order valence-corrected chi connectivity index (χ1v) is 6.89. The summed E-state index contributed by atoms with van der Waals surface area (Å²) >= 11 is 0. The maximum Gasteiger partial charge on any atom is 0.251 e. The number of carbonyl (C=O) groups excluding carboxylic acids is 2. The number of amides is 2. The summed E-state index contributed by atoms with van der Waals surface area (Å²) in [7, 11) is 1.72. The summed E-state index contributed by atoms with van der Waals surface area (Å²) in [6, 6.07) is 9.47. The molecular formula is C15H18N2O3. The van der Waals surface area contributed by atoms with E-state index in [-0.39, 0.29) is 30.5 Å². The average Bonchev–Trinajstić information content (AvgIpc) is 3.26. The van der Waals surface area contributed by atoms with E-state index >= 15 is 0 Å². The van der Waals surface area contributed by atoms with E-state index < -0.39 is 6.10 Å². The third kappa shape index (κ3) is 2.54. The van der Waals surface area contributed by atoms with Crippen LogP contribution in [0.3, 0.4) is 0 Å². The van der Waals surface area contributed by atoms with Crippen LogP contribution in [0.5, 0.6) is 0 Å². The topological polar surface area (TPSA) is 58.6 Å². The molecule has 0 aromatic heterocycles. The van der Waals surface area contributed by atoms with Crippen LogP contribution in [0.25, 0.3) is 0 Å². The van der Waals surface area contributed by atoms with Crippen LogP contribution in [0.1, 0.15) is 24.4 Å². The number of hydrogen-bond donors (Lipinski definition) is 1. The number of rotatable bonds is 3. The van der Waals surface area contributed by atoms with Crippen molar-refractivity contribution in [3.8, 4) is 0 Å². The van der Waals surface area contributed by atoms with Gasteiger partial charge >= 0.3 is 0 Å². The number of benzene rings is 1. The summed E-state index contributed by atoms with van der Waals surface area (Å²) < 4.78 is 5.51. The van der Waals surface area contributed by atoms with Gasteiger partial charge in [0.2, 0.25) is 5.91 Å². The Balaban J connectivity index is 1.85. The molecule has 0 radical (unpaired) electrons. The molecule has 1 saturated heterocycles. The van der Waals surface area contributed by atoms with Gasteiger partial charge in [0.05, 0.1) is 6.04 Å². The van der Waals surface area contributed by atoms with Crippen LogP contribution < -0.4 is 5.32 Å². The first-order chi connectivity index (χ1) is 9.66. The SMILES string of the molecule is CN1C(=O)CO[C@H](C(=O)NC2CC2)[C@H]1c1ccccc1. The average molecular weight is 274 g/mol. The Hall–Kier alpha value is -1.88. The lowest BCUT2D eigenvalue weighted by Gasteiger charge is -2.38. The van der Waals surface area contributed by atoms with E-state index in [2.05, 4.69) is 5.32 Å². The highest BCUT2D eigenvalue weighted by atomic mass is 16.5. The number of carbonyl (C=O) groups is 2. The molecule has 0 unspecified atom stereocenters. The molecule has 3 rings (SSSR count). The molecule has 1 aliphatic carbocycles. The van der Waals surface area contributed by atoms with Crippen molar-refractivity contribution in [3.05, 3.63) is 35.9 Å². The van der Waals surface area contributed by atoms with Gasteiger partial charge in [-0.15, -0.1) is 0 Å². The quantitative estimate of drug-likeness (QED) is 0.889. The second-order valence-electron chi connectivity index (χ2n) is 5.37. The molecule has 1 N–H and O–H groups in total. The van der Waals surface area contributed by atoms with Crippen LogP contribution in [0, 0.1) is 0 Å². The van der Waals surface area contributed by atoms with Gasteiger partial charge in [0.25, 0.3) is 5.91 Å². The first-order valence-electron chi connectivity index (χ1n) is 6.89. The number of nitrogens with zero attached hydrogens (tertiary/aromatic N) is 1. The lowest BCUT2D eigenvalue weighted by molar-refractivity contribution is -0.162. The Morgan fingerprint density at radius 3 is 2.65 bits per heavy atom. The van der Waals surface area contributed by atoms with Crippen LogP contribution >= 0.6 is 0 Å². The van der Waals surface area contributed by atoms with E-state index in [1.165, 1.54) is 0 Å². The summed E-state index contributed by atoms with van der Waals surface area (Å²) in [4.78, 5) is 25.8. The van der Waals surface area contributed by atoms with Crippen molar-refractivity contribution in [2.75, 3.05) is 13.7 Å². The minimum atomic E-state index is -0.638. The third-order valence-corrected chi connectivity index (χ3v) is 3.81. The maximum atomic E-state index is 12.3. The fourth-order valence-electron chi connectivity index (χ4n) is 2.49.